The van der Waals surface area contributed by atoms with Crippen LogP contribution in [0.1, 0.15) is 37.1 Å². The molecule has 24 heavy (non-hydrogen) atoms. The number of fused-ring (bicyclic) bond motifs is 1. The first kappa shape index (κ1) is 16.4. The molecule has 0 bridgehead atoms. The Labute approximate surface area is 135 Å². The van der Waals surface area contributed by atoms with E-state index in [9.17, 15) is 22.8 Å². The standard InChI is InChI=1S/C16H16F3N3O2/c1-8(2)22-14(23)10-7-16(18,19)12(20-13(10)21-15(22)24)9-5-3-4-6-11(9)17/h3-6,8,12,20H,7H2,1-2H3,(H,21,24)/t12-/m0/s1. The fourth-order valence-electron chi connectivity index (χ4n) is 2.95. The van der Waals surface area contributed by atoms with Gasteiger partial charge in [-0.05, 0) is 19.9 Å². The number of hydrogen-bond acceptors (Lipinski definition) is 3. The van der Waals surface area contributed by atoms with Crippen molar-refractivity contribution in [2.75, 3.05) is 5.32 Å². The van der Waals surface area contributed by atoms with E-state index in [-0.39, 0.29) is 16.9 Å². The molecular formula is C16H16F3N3O2. The predicted octanol–water partition coefficient (Wildman–Crippen LogP) is 2.60. The van der Waals surface area contributed by atoms with Crippen LogP contribution in [0.5, 0.6) is 0 Å². The SMILES string of the molecule is CC(C)n1c(=O)[nH]c2c(c1=O)CC(F)(F)[C@H](c1ccccc1F)N2. The van der Waals surface area contributed by atoms with Crippen LogP contribution in [-0.2, 0) is 6.42 Å². The van der Waals surface area contributed by atoms with Gasteiger partial charge in [-0.3, -0.25) is 14.3 Å². The number of anilines is 1. The lowest BCUT2D eigenvalue weighted by atomic mass is 9.91. The summed E-state index contributed by atoms with van der Waals surface area (Å²) in [7, 11) is 0. The molecule has 0 saturated heterocycles. The lowest BCUT2D eigenvalue weighted by Crippen LogP contribution is -2.47. The van der Waals surface area contributed by atoms with Crippen molar-refractivity contribution in [2.24, 2.45) is 0 Å². The van der Waals surface area contributed by atoms with E-state index < -0.39 is 41.5 Å². The number of alkyl halides is 2. The summed E-state index contributed by atoms with van der Waals surface area (Å²) in [6.07, 6.45) is -0.878. The smallest absolute Gasteiger partial charge is 0.330 e. The molecule has 1 aromatic heterocycles. The summed E-state index contributed by atoms with van der Waals surface area (Å²) >= 11 is 0. The summed E-state index contributed by atoms with van der Waals surface area (Å²) in [5, 5.41) is 2.43. The molecule has 2 aromatic rings. The summed E-state index contributed by atoms with van der Waals surface area (Å²) < 4.78 is 43.9. The van der Waals surface area contributed by atoms with E-state index in [1.54, 1.807) is 13.8 Å². The molecule has 1 aliphatic rings. The highest BCUT2D eigenvalue weighted by Gasteiger charge is 2.47. The van der Waals surface area contributed by atoms with Gasteiger partial charge >= 0.3 is 5.69 Å². The van der Waals surface area contributed by atoms with Gasteiger partial charge in [-0.25, -0.2) is 18.0 Å². The largest absolute Gasteiger partial charge is 0.358 e. The molecule has 2 heterocycles. The molecule has 0 saturated carbocycles. The van der Waals surface area contributed by atoms with Crippen LogP contribution in [-0.4, -0.2) is 15.5 Å². The second-order valence-corrected chi connectivity index (χ2v) is 6.09. The van der Waals surface area contributed by atoms with E-state index in [0.717, 1.165) is 10.6 Å². The van der Waals surface area contributed by atoms with E-state index in [0.29, 0.717) is 0 Å². The van der Waals surface area contributed by atoms with Gasteiger partial charge in [-0.1, -0.05) is 18.2 Å². The van der Waals surface area contributed by atoms with Crippen LogP contribution in [0.25, 0.3) is 0 Å². The number of nitrogens with zero attached hydrogens (tertiary/aromatic N) is 1. The van der Waals surface area contributed by atoms with Gasteiger partial charge in [0.25, 0.3) is 11.5 Å². The minimum atomic E-state index is -3.39. The third-order valence-electron chi connectivity index (χ3n) is 4.09. The van der Waals surface area contributed by atoms with Crippen molar-refractivity contribution in [2.45, 2.75) is 38.3 Å². The third kappa shape index (κ3) is 2.51. The second kappa shape index (κ2) is 5.54. The Bertz CT molecular complexity index is 902. The molecule has 128 valence electrons. The topological polar surface area (TPSA) is 66.9 Å². The van der Waals surface area contributed by atoms with Crippen molar-refractivity contribution >= 4 is 5.82 Å². The molecule has 0 radical (unpaired) electrons. The zero-order valence-electron chi connectivity index (χ0n) is 13.1. The van der Waals surface area contributed by atoms with E-state index in [1.165, 1.54) is 18.2 Å². The number of aromatic nitrogens is 2. The molecule has 0 unspecified atom stereocenters. The highest BCUT2D eigenvalue weighted by atomic mass is 19.3. The molecule has 0 spiro atoms. The van der Waals surface area contributed by atoms with Crippen LogP contribution in [0, 0.1) is 5.82 Å². The maximum atomic E-state index is 14.6. The number of benzene rings is 1. The Kier molecular flexibility index (Phi) is 3.77. The first-order valence-electron chi connectivity index (χ1n) is 7.49. The number of nitrogens with one attached hydrogen (secondary N) is 2. The lowest BCUT2D eigenvalue weighted by Gasteiger charge is -2.34. The second-order valence-electron chi connectivity index (χ2n) is 6.09. The normalized spacial score (nSPS) is 19.0. The van der Waals surface area contributed by atoms with Crippen LogP contribution in [0.3, 0.4) is 0 Å². The Morgan fingerprint density at radius 3 is 2.54 bits per heavy atom. The highest BCUT2D eigenvalue weighted by molar-refractivity contribution is 5.50. The van der Waals surface area contributed by atoms with Gasteiger partial charge in [-0.2, -0.15) is 0 Å². The molecule has 3 rings (SSSR count). The van der Waals surface area contributed by atoms with Crippen molar-refractivity contribution in [3.8, 4) is 0 Å². The van der Waals surface area contributed by atoms with Crippen molar-refractivity contribution < 1.29 is 13.2 Å². The zero-order chi connectivity index (χ0) is 17.6. The van der Waals surface area contributed by atoms with Crippen LogP contribution >= 0.6 is 0 Å². The van der Waals surface area contributed by atoms with E-state index >= 15 is 0 Å². The van der Waals surface area contributed by atoms with Gasteiger partial charge in [0.15, 0.2) is 0 Å². The molecule has 2 N–H and O–H groups in total. The average Bonchev–Trinajstić information content (AvgIpc) is 2.48. The molecular weight excluding hydrogens is 323 g/mol. The Morgan fingerprint density at radius 2 is 1.92 bits per heavy atom. The van der Waals surface area contributed by atoms with E-state index in [2.05, 4.69) is 10.3 Å². The van der Waals surface area contributed by atoms with Crippen molar-refractivity contribution in [1.82, 2.24) is 9.55 Å². The minimum Gasteiger partial charge on any atom is -0.358 e. The summed E-state index contributed by atoms with van der Waals surface area (Å²) in [5.41, 5.74) is -1.88. The first-order valence-corrected chi connectivity index (χ1v) is 7.49. The summed E-state index contributed by atoms with van der Waals surface area (Å²) in [5.74, 6) is -4.25. The summed E-state index contributed by atoms with van der Waals surface area (Å²) in [6, 6.07) is 3.05. The maximum Gasteiger partial charge on any atom is 0.330 e. The Balaban J connectivity index is 2.16. The summed E-state index contributed by atoms with van der Waals surface area (Å²) in [6.45, 7) is 3.22. The average molecular weight is 339 g/mol. The fraction of sp³-hybridized carbons (Fsp3) is 0.375. The first-order chi connectivity index (χ1) is 11.2. The number of hydrogen-bond donors (Lipinski definition) is 2. The number of halogens is 3. The molecule has 8 heteroatoms. The van der Waals surface area contributed by atoms with Gasteiger partial charge in [0.05, 0.1) is 5.56 Å². The number of H-pyrrole nitrogens is 1. The summed E-state index contributed by atoms with van der Waals surface area (Å²) in [4.78, 5) is 26.8. The van der Waals surface area contributed by atoms with Crippen LogP contribution in [0.4, 0.5) is 19.0 Å². The molecule has 0 amide bonds. The van der Waals surface area contributed by atoms with Crippen molar-refractivity contribution in [1.29, 1.82) is 0 Å². The van der Waals surface area contributed by atoms with Crippen LogP contribution in [0.15, 0.2) is 33.9 Å². The van der Waals surface area contributed by atoms with E-state index in [1.807, 2.05) is 0 Å². The maximum absolute atomic E-state index is 14.6. The number of rotatable bonds is 2. The minimum absolute atomic E-state index is 0.0823. The molecule has 1 aliphatic heterocycles. The predicted molar refractivity (Wildman–Crippen MR) is 83.1 cm³/mol. The van der Waals surface area contributed by atoms with Gasteiger partial charge < -0.3 is 5.32 Å². The van der Waals surface area contributed by atoms with Gasteiger partial charge in [0, 0.05) is 18.0 Å². The lowest BCUT2D eigenvalue weighted by molar-refractivity contribution is -0.0243. The molecule has 5 nitrogen and oxygen atoms in total. The number of aromatic amines is 1. The van der Waals surface area contributed by atoms with Gasteiger partial charge in [-0.15, -0.1) is 0 Å². The zero-order valence-corrected chi connectivity index (χ0v) is 13.1. The molecule has 1 aromatic carbocycles. The fourth-order valence-corrected chi connectivity index (χ4v) is 2.95. The quantitative estimate of drug-likeness (QED) is 0.884. The molecule has 0 fully saturated rings. The van der Waals surface area contributed by atoms with Crippen molar-refractivity contribution in [3.63, 3.8) is 0 Å². The van der Waals surface area contributed by atoms with Crippen LogP contribution < -0.4 is 16.6 Å². The highest BCUT2D eigenvalue weighted by Crippen LogP contribution is 2.41. The van der Waals surface area contributed by atoms with Crippen molar-refractivity contribution in [3.05, 3.63) is 62.0 Å². The van der Waals surface area contributed by atoms with Crippen LogP contribution in [0.2, 0.25) is 0 Å². The van der Waals surface area contributed by atoms with Gasteiger partial charge in [0.1, 0.15) is 17.7 Å². The molecule has 1 atom stereocenters. The third-order valence-corrected chi connectivity index (χ3v) is 4.09. The Hall–Kier alpha value is -2.51. The Morgan fingerprint density at radius 1 is 1.25 bits per heavy atom. The molecule has 0 aliphatic carbocycles. The van der Waals surface area contributed by atoms with Gasteiger partial charge in [0.2, 0.25) is 0 Å². The monoisotopic (exact) mass is 339 g/mol. The van der Waals surface area contributed by atoms with E-state index in [4.69, 9.17) is 0 Å².